The molecule has 0 fully saturated rings. The van der Waals surface area contributed by atoms with Gasteiger partial charge >= 0.3 is 0 Å². The van der Waals surface area contributed by atoms with Crippen LogP contribution in [-0.2, 0) is 0 Å². The summed E-state index contributed by atoms with van der Waals surface area (Å²) in [4.78, 5) is 0. The normalized spacial score (nSPS) is 16.5. The Morgan fingerprint density at radius 2 is 1.92 bits per heavy atom. The second-order valence-corrected chi connectivity index (χ2v) is 5.53. The first kappa shape index (κ1) is 8.51. The summed E-state index contributed by atoms with van der Waals surface area (Å²) in [5.74, 6) is 0. The first-order valence-corrected chi connectivity index (χ1v) is 6.25. The molecule has 13 heavy (non-hydrogen) atoms. The van der Waals surface area contributed by atoms with Gasteiger partial charge in [0.2, 0.25) is 0 Å². The highest BCUT2D eigenvalue weighted by Gasteiger charge is 2.01. The molecule has 0 amide bonds. The lowest BCUT2D eigenvalue weighted by atomic mass is 10.2. The van der Waals surface area contributed by atoms with Crippen molar-refractivity contribution in [3.05, 3.63) is 53.8 Å². The number of rotatable bonds is 2. The van der Waals surface area contributed by atoms with E-state index in [0.717, 1.165) is 0 Å². The zero-order valence-electron chi connectivity index (χ0n) is 7.74. The molecular weight excluding hydrogens is 172 g/mol. The van der Waals surface area contributed by atoms with E-state index >= 15 is 0 Å². The second-order valence-electron chi connectivity index (χ2n) is 3.45. The molecule has 1 heteroatoms. The Kier molecular flexibility index (Phi) is 2.77. The SMILES string of the molecule is C1=CCCC([SiH2]c2ccccc2)=C1. The molecule has 0 N–H and O–H groups in total. The quantitative estimate of drug-likeness (QED) is 0.617. The fourth-order valence-corrected chi connectivity index (χ4v) is 3.32. The van der Waals surface area contributed by atoms with Crippen LogP contribution in [0.3, 0.4) is 0 Å². The van der Waals surface area contributed by atoms with Gasteiger partial charge in [0.05, 0.1) is 9.52 Å². The molecule has 66 valence electrons. The Labute approximate surface area is 81.8 Å². The van der Waals surface area contributed by atoms with Crippen molar-refractivity contribution in [1.29, 1.82) is 0 Å². The van der Waals surface area contributed by atoms with Crippen LogP contribution >= 0.6 is 0 Å². The van der Waals surface area contributed by atoms with Gasteiger partial charge in [-0.15, -0.1) is 0 Å². The summed E-state index contributed by atoms with van der Waals surface area (Å²) in [6, 6.07) is 10.9. The van der Waals surface area contributed by atoms with Gasteiger partial charge in [-0.25, -0.2) is 0 Å². The smallest absolute Gasteiger partial charge is 0.0824 e. The lowest BCUT2D eigenvalue weighted by Crippen LogP contribution is -2.16. The highest BCUT2D eigenvalue weighted by molar-refractivity contribution is 6.61. The summed E-state index contributed by atoms with van der Waals surface area (Å²) in [7, 11) is -0.147. The molecule has 0 spiro atoms. The van der Waals surface area contributed by atoms with E-state index in [1.54, 1.807) is 10.4 Å². The van der Waals surface area contributed by atoms with Crippen molar-refractivity contribution >= 4 is 14.7 Å². The maximum absolute atomic E-state index is 2.31. The van der Waals surface area contributed by atoms with Gasteiger partial charge in [0, 0.05) is 0 Å². The molecule has 0 bridgehead atoms. The fraction of sp³-hybridized carbons (Fsp3) is 0.167. The van der Waals surface area contributed by atoms with Crippen LogP contribution in [0, 0.1) is 0 Å². The van der Waals surface area contributed by atoms with Crippen LogP contribution in [0.5, 0.6) is 0 Å². The molecule has 1 aromatic rings. The van der Waals surface area contributed by atoms with Gasteiger partial charge in [0.1, 0.15) is 0 Å². The topological polar surface area (TPSA) is 0 Å². The molecule has 0 nitrogen and oxygen atoms in total. The van der Waals surface area contributed by atoms with E-state index in [1.165, 1.54) is 12.8 Å². The third-order valence-corrected chi connectivity index (χ3v) is 4.30. The van der Waals surface area contributed by atoms with Gasteiger partial charge in [0.25, 0.3) is 0 Å². The number of allylic oxidation sites excluding steroid dienone is 4. The molecule has 0 saturated heterocycles. The van der Waals surface area contributed by atoms with Crippen LogP contribution < -0.4 is 5.19 Å². The third-order valence-electron chi connectivity index (χ3n) is 2.37. The fourth-order valence-electron chi connectivity index (χ4n) is 1.66. The van der Waals surface area contributed by atoms with Gasteiger partial charge in [-0.3, -0.25) is 0 Å². The summed E-state index contributed by atoms with van der Waals surface area (Å²) in [6.45, 7) is 0. The Morgan fingerprint density at radius 1 is 1.08 bits per heavy atom. The zero-order chi connectivity index (χ0) is 8.93. The van der Waals surface area contributed by atoms with Crippen molar-refractivity contribution < 1.29 is 0 Å². The standard InChI is InChI=1S/C12H14Si/c1-3-7-11(8-4-1)13-12-9-5-2-6-10-12/h1-5,7-9H,6,10,13H2. The highest BCUT2D eigenvalue weighted by Crippen LogP contribution is 2.09. The highest BCUT2D eigenvalue weighted by atomic mass is 28.2. The lowest BCUT2D eigenvalue weighted by Gasteiger charge is -2.07. The average molecular weight is 186 g/mol. The van der Waals surface area contributed by atoms with E-state index in [4.69, 9.17) is 0 Å². The molecule has 0 atom stereocenters. The molecule has 0 saturated carbocycles. The van der Waals surface area contributed by atoms with E-state index in [0.29, 0.717) is 0 Å². The van der Waals surface area contributed by atoms with Crippen LogP contribution in [0.15, 0.2) is 53.8 Å². The Bertz CT molecular complexity index is 322. The predicted octanol–water partition coefficient (Wildman–Crippen LogP) is 1.71. The Balaban J connectivity index is 2.06. The van der Waals surface area contributed by atoms with Gasteiger partial charge in [-0.05, 0) is 12.8 Å². The summed E-state index contributed by atoms with van der Waals surface area (Å²) < 4.78 is 0. The van der Waals surface area contributed by atoms with Crippen LogP contribution in [0.2, 0.25) is 0 Å². The van der Waals surface area contributed by atoms with Crippen molar-refractivity contribution in [2.75, 3.05) is 0 Å². The maximum Gasteiger partial charge on any atom is 0.0824 e. The van der Waals surface area contributed by atoms with E-state index in [1.807, 2.05) is 0 Å². The Morgan fingerprint density at radius 3 is 2.62 bits per heavy atom. The van der Waals surface area contributed by atoms with Gasteiger partial charge in [-0.1, -0.05) is 58.9 Å². The van der Waals surface area contributed by atoms with Crippen LogP contribution in [0.1, 0.15) is 12.8 Å². The molecule has 1 aromatic carbocycles. The van der Waals surface area contributed by atoms with Crippen molar-refractivity contribution in [2.24, 2.45) is 0 Å². The van der Waals surface area contributed by atoms with E-state index in [-0.39, 0.29) is 9.52 Å². The van der Waals surface area contributed by atoms with Gasteiger partial charge in [0.15, 0.2) is 0 Å². The van der Waals surface area contributed by atoms with Crippen LogP contribution in [0.25, 0.3) is 0 Å². The average Bonchev–Trinajstić information content (AvgIpc) is 2.21. The molecule has 0 aliphatic heterocycles. The molecule has 0 unspecified atom stereocenters. The summed E-state index contributed by atoms with van der Waals surface area (Å²) in [5, 5.41) is 3.25. The molecule has 1 aliphatic rings. The molecule has 2 rings (SSSR count). The number of hydrogen-bond acceptors (Lipinski definition) is 0. The van der Waals surface area contributed by atoms with Crippen LogP contribution in [-0.4, -0.2) is 9.52 Å². The van der Waals surface area contributed by atoms with E-state index < -0.39 is 0 Å². The van der Waals surface area contributed by atoms with E-state index in [2.05, 4.69) is 48.6 Å². The van der Waals surface area contributed by atoms with Crippen molar-refractivity contribution in [2.45, 2.75) is 12.8 Å². The minimum absolute atomic E-state index is 0.147. The lowest BCUT2D eigenvalue weighted by molar-refractivity contribution is 1.01. The summed E-state index contributed by atoms with van der Waals surface area (Å²) in [6.07, 6.45) is 9.30. The number of benzene rings is 1. The van der Waals surface area contributed by atoms with Crippen LogP contribution in [0.4, 0.5) is 0 Å². The molecule has 0 aromatic heterocycles. The predicted molar refractivity (Wildman–Crippen MR) is 61.1 cm³/mol. The van der Waals surface area contributed by atoms with Crippen molar-refractivity contribution in [1.82, 2.24) is 0 Å². The third kappa shape index (κ3) is 2.43. The minimum Gasteiger partial charge on any atom is -0.0843 e. The van der Waals surface area contributed by atoms with Crippen molar-refractivity contribution in [3.63, 3.8) is 0 Å². The second kappa shape index (κ2) is 4.24. The summed E-state index contributed by atoms with van der Waals surface area (Å²) >= 11 is 0. The van der Waals surface area contributed by atoms with Crippen molar-refractivity contribution in [3.8, 4) is 0 Å². The zero-order valence-corrected chi connectivity index (χ0v) is 9.15. The largest absolute Gasteiger partial charge is 0.0843 e. The monoisotopic (exact) mass is 186 g/mol. The first-order valence-electron chi connectivity index (χ1n) is 4.83. The van der Waals surface area contributed by atoms with Gasteiger partial charge < -0.3 is 0 Å². The molecule has 0 heterocycles. The molecule has 0 radical (unpaired) electrons. The maximum atomic E-state index is 2.31. The van der Waals surface area contributed by atoms with E-state index in [9.17, 15) is 0 Å². The molecular formula is C12H14Si. The summed E-state index contributed by atoms with van der Waals surface area (Å²) in [5.41, 5.74) is 0. The van der Waals surface area contributed by atoms with Gasteiger partial charge in [-0.2, -0.15) is 0 Å². The Hall–Kier alpha value is -1.08. The number of hydrogen-bond donors (Lipinski definition) is 0. The minimum atomic E-state index is -0.147. The first-order chi connectivity index (χ1) is 6.45. The molecule has 1 aliphatic carbocycles.